The van der Waals surface area contributed by atoms with E-state index in [0.717, 1.165) is 18.4 Å². The number of methoxy groups -OCH3 is 1. The number of nitrogens with zero attached hydrogens (tertiary/aromatic N) is 2. The number of benzene rings is 2. The smallest absolute Gasteiger partial charge is 0.295 e. The van der Waals surface area contributed by atoms with E-state index in [1.54, 1.807) is 49.6 Å². The van der Waals surface area contributed by atoms with E-state index < -0.39 is 23.7 Å². The van der Waals surface area contributed by atoms with Crippen LogP contribution in [0.1, 0.15) is 37.0 Å². The van der Waals surface area contributed by atoms with Crippen LogP contribution in [0.3, 0.4) is 0 Å². The Morgan fingerprint density at radius 2 is 1.79 bits per heavy atom. The second-order valence-corrected chi connectivity index (χ2v) is 8.30. The summed E-state index contributed by atoms with van der Waals surface area (Å²) < 4.78 is 10.1. The second-order valence-electron chi connectivity index (χ2n) is 8.30. The molecule has 0 aliphatic carbocycles. The van der Waals surface area contributed by atoms with E-state index in [2.05, 4.69) is 5.16 Å². The van der Waals surface area contributed by atoms with E-state index in [9.17, 15) is 14.4 Å². The second kappa shape index (κ2) is 9.40. The van der Waals surface area contributed by atoms with Crippen LogP contribution >= 0.6 is 0 Å². The molecule has 2 aromatic carbocycles. The molecule has 1 aromatic heterocycles. The van der Waals surface area contributed by atoms with E-state index in [1.807, 2.05) is 26.0 Å². The first-order chi connectivity index (χ1) is 16.0. The number of rotatable bonds is 8. The van der Waals surface area contributed by atoms with Crippen molar-refractivity contribution in [1.29, 1.82) is 0 Å². The molecule has 1 aliphatic heterocycles. The molecule has 1 aliphatic rings. The summed E-state index contributed by atoms with van der Waals surface area (Å²) in [5.41, 5.74) is 2.47. The number of ketones is 2. The van der Waals surface area contributed by atoms with Crippen LogP contribution in [0.4, 0.5) is 5.69 Å². The predicted octanol–water partition coefficient (Wildman–Crippen LogP) is 4.57. The molecule has 3 atom stereocenters. The Hall–Kier alpha value is -3.74. The molecule has 170 valence electrons. The number of hydrogen-bond acceptors (Lipinski definition) is 6. The van der Waals surface area contributed by atoms with Gasteiger partial charge in [0.2, 0.25) is 5.78 Å². The van der Waals surface area contributed by atoms with E-state index in [-0.39, 0.29) is 11.7 Å². The Morgan fingerprint density at radius 1 is 1.09 bits per heavy atom. The van der Waals surface area contributed by atoms with Gasteiger partial charge >= 0.3 is 0 Å². The fourth-order valence-electron chi connectivity index (χ4n) is 4.55. The van der Waals surface area contributed by atoms with Crippen LogP contribution in [0.2, 0.25) is 0 Å². The molecule has 7 nitrogen and oxygen atoms in total. The molecule has 1 amide bonds. The molecular weight excluding hydrogens is 420 g/mol. The number of carbonyl (C=O) groups is 3. The molecule has 0 N–H and O–H groups in total. The van der Waals surface area contributed by atoms with Crippen molar-refractivity contribution in [2.24, 2.45) is 11.8 Å². The molecule has 1 fully saturated rings. The minimum Gasteiger partial charge on any atom is -0.497 e. The van der Waals surface area contributed by atoms with Gasteiger partial charge in [-0.1, -0.05) is 37.6 Å². The molecular formula is C26H26N2O5. The van der Waals surface area contributed by atoms with Gasteiger partial charge in [0.25, 0.3) is 5.91 Å². The van der Waals surface area contributed by atoms with Crippen LogP contribution in [0.25, 0.3) is 11.3 Å². The van der Waals surface area contributed by atoms with Gasteiger partial charge in [-0.3, -0.25) is 14.4 Å². The van der Waals surface area contributed by atoms with Gasteiger partial charge in [0.05, 0.1) is 13.2 Å². The largest absolute Gasteiger partial charge is 0.497 e. The average Bonchev–Trinajstić information content (AvgIpc) is 3.46. The lowest BCUT2D eigenvalue weighted by Crippen LogP contribution is -2.42. The molecule has 2 heterocycles. The van der Waals surface area contributed by atoms with Crippen LogP contribution in [-0.2, 0) is 9.59 Å². The Labute approximate surface area is 192 Å². The van der Waals surface area contributed by atoms with E-state index >= 15 is 0 Å². The van der Waals surface area contributed by atoms with Crippen molar-refractivity contribution in [3.05, 3.63) is 66.4 Å². The van der Waals surface area contributed by atoms with Crippen molar-refractivity contribution < 1.29 is 23.6 Å². The first-order valence-electron chi connectivity index (χ1n) is 11.0. The molecule has 7 heteroatoms. The quantitative estimate of drug-likeness (QED) is 0.286. The summed E-state index contributed by atoms with van der Waals surface area (Å²) >= 11 is 0. The van der Waals surface area contributed by atoms with Gasteiger partial charge < -0.3 is 14.2 Å². The molecule has 33 heavy (non-hydrogen) atoms. The predicted molar refractivity (Wildman–Crippen MR) is 123 cm³/mol. The number of amides is 1. The molecule has 3 unspecified atom stereocenters. The van der Waals surface area contributed by atoms with Crippen molar-refractivity contribution in [3.8, 4) is 17.0 Å². The van der Waals surface area contributed by atoms with Gasteiger partial charge in [-0.2, -0.15) is 0 Å². The van der Waals surface area contributed by atoms with Gasteiger partial charge in [-0.25, -0.2) is 0 Å². The highest BCUT2D eigenvalue weighted by Crippen LogP contribution is 2.37. The first kappa shape index (κ1) is 22.5. The third kappa shape index (κ3) is 4.18. The molecule has 0 saturated carbocycles. The summed E-state index contributed by atoms with van der Waals surface area (Å²) in [6.45, 7) is 4.04. The fourth-order valence-corrected chi connectivity index (χ4v) is 4.55. The summed E-state index contributed by atoms with van der Waals surface area (Å²) in [5.74, 6) is -2.14. The molecule has 0 bridgehead atoms. The van der Waals surface area contributed by atoms with Crippen molar-refractivity contribution >= 4 is 23.2 Å². The maximum atomic E-state index is 13.4. The molecule has 0 radical (unpaired) electrons. The summed E-state index contributed by atoms with van der Waals surface area (Å²) in [7, 11) is 1.55. The zero-order valence-corrected chi connectivity index (χ0v) is 18.9. The SMILES string of the molecule is CCCC(C)C1C(C(=O)c2ccc(OC)cc2)C(=O)C(=O)N1c1ccc(-c2ccon2)cc1. The highest BCUT2D eigenvalue weighted by atomic mass is 16.5. The number of carbonyl (C=O) groups excluding carboxylic acids is 3. The third-order valence-corrected chi connectivity index (χ3v) is 6.21. The normalized spacial score (nSPS) is 19.1. The number of ether oxygens (including phenoxy) is 1. The molecule has 4 rings (SSSR count). The standard InChI is InChI=1S/C26H26N2O5/c1-4-5-16(2)23-22(24(29)18-8-12-20(32-3)13-9-18)25(30)26(31)28(23)19-10-6-17(7-11-19)21-14-15-33-27-21/h6-16,22-23H,4-5H2,1-3H3. The number of Topliss-reactive ketones (excluding diaryl/α,β-unsaturated/α-hetero) is 2. The summed E-state index contributed by atoms with van der Waals surface area (Å²) in [6, 6.07) is 15.0. The highest BCUT2D eigenvalue weighted by Gasteiger charge is 2.53. The third-order valence-electron chi connectivity index (χ3n) is 6.21. The minimum atomic E-state index is -1.05. The molecule has 1 saturated heterocycles. The van der Waals surface area contributed by atoms with Gasteiger partial charge in [-0.15, -0.1) is 0 Å². The van der Waals surface area contributed by atoms with E-state index in [0.29, 0.717) is 22.7 Å². The minimum absolute atomic E-state index is 0.0483. The molecule has 3 aromatic rings. The van der Waals surface area contributed by atoms with Crippen LogP contribution in [0.15, 0.2) is 65.4 Å². The van der Waals surface area contributed by atoms with Crippen molar-refractivity contribution in [3.63, 3.8) is 0 Å². The first-order valence-corrected chi connectivity index (χ1v) is 11.0. The van der Waals surface area contributed by atoms with Gasteiger partial charge in [-0.05, 0) is 48.7 Å². The zero-order valence-electron chi connectivity index (χ0n) is 18.9. The number of anilines is 1. The van der Waals surface area contributed by atoms with Crippen molar-refractivity contribution in [2.75, 3.05) is 12.0 Å². The lowest BCUT2D eigenvalue weighted by Gasteiger charge is -2.31. The van der Waals surface area contributed by atoms with E-state index in [1.165, 1.54) is 11.2 Å². The fraction of sp³-hybridized carbons (Fsp3) is 0.308. The maximum Gasteiger partial charge on any atom is 0.295 e. The van der Waals surface area contributed by atoms with Crippen molar-refractivity contribution in [2.45, 2.75) is 32.7 Å². The maximum absolute atomic E-state index is 13.4. The van der Waals surface area contributed by atoms with E-state index in [4.69, 9.17) is 9.26 Å². The summed E-state index contributed by atoms with van der Waals surface area (Å²) in [4.78, 5) is 41.3. The lowest BCUT2D eigenvalue weighted by atomic mass is 9.82. The molecule has 0 spiro atoms. The van der Waals surface area contributed by atoms with Crippen molar-refractivity contribution in [1.82, 2.24) is 5.16 Å². The van der Waals surface area contributed by atoms with Crippen LogP contribution in [0.5, 0.6) is 5.75 Å². The van der Waals surface area contributed by atoms with Crippen LogP contribution in [-0.4, -0.2) is 35.8 Å². The van der Waals surface area contributed by atoms with Crippen LogP contribution < -0.4 is 9.64 Å². The van der Waals surface area contributed by atoms with Crippen LogP contribution in [0, 0.1) is 11.8 Å². The number of hydrogen-bond donors (Lipinski definition) is 0. The Morgan fingerprint density at radius 3 is 2.36 bits per heavy atom. The Kier molecular flexibility index (Phi) is 6.40. The Bertz CT molecular complexity index is 1140. The average molecular weight is 447 g/mol. The summed E-state index contributed by atoms with van der Waals surface area (Å²) in [6.07, 6.45) is 3.15. The number of aromatic nitrogens is 1. The summed E-state index contributed by atoms with van der Waals surface area (Å²) in [5, 5.41) is 3.93. The van der Waals surface area contributed by atoms with Gasteiger partial charge in [0.1, 0.15) is 23.6 Å². The topological polar surface area (TPSA) is 89.7 Å². The van der Waals surface area contributed by atoms with Gasteiger partial charge in [0.15, 0.2) is 5.78 Å². The zero-order chi connectivity index (χ0) is 23.5. The lowest BCUT2D eigenvalue weighted by molar-refractivity contribution is -0.135. The Balaban J connectivity index is 1.71. The highest BCUT2D eigenvalue weighted by molar-refractivity contribution is 6.49. The monoisotopic (exact) mass is 446 g/mol. The van der Waals surface area contributed by atoms with Gasteiger partial charge in [0, 0.05) is 22.9 Å².